The van der Waals surface area contributed by atoms with Crippen molar-refractivity contribution in [2.24, 2.45) is 5.10 Å². The van der Waals surface area contributed by atoms with Crippen molar-refractivity contribution in [1.29, 1.82) is 5.26 Å². The van der Waals surface area contributed by atoms with E-state index in [9.17, 15) is 20.2 Å². The van der Waals surface area contributed by atoms with E-state index in [4.69, 9.17) is 4.42 Å². The standard InChI is InChI=1S/C20H11N5O4S/c21-10-15(24-23-14-6-2-3-7-17(14)25(27)28)19-22-16(11-30-19)13-9-12-5-1-4-8-18(12)29-20(13)26/h1-9,11,23H. The van der Waals surface area contributed by atoms with Crippen LogP contribution in [0.15, 0.2) is 74.3 Å². The minimum absolute atomic E-state index is 0.0745. The molecule has 0 unspecified atom stereocenters. The highest BCUT2D eigenvalue weighted by Gasteiger charge is 2.16. The first-order chi connectivity index (χ1) is 14.6. The highest BCUT2D eigenvalue weighted by Crippen LogP contribution is 2.25. The van der Waals surface area contributed by atoms with E-state index >= 15 is 0 Å². The second-order valence-electron chi connectivity index (χ2n) is 5.98. The smallest absolute Gasteiger partial charge is 0.345 e. The van der Waals surface area contributed by atoms with Crippen molar-refractivity contribution in [3.63, 3.8) is 0 Å². The molecule has 0 fully saturated rings. The Labute approximate surface area is 172 Å². The molecule has 2 aromatic heterocycles. The number of nitriles is 1. The molecule has 30 heavy (non-hydrogen) atoms. The number of aromatic nitrogens is 1. The zero-order chi connectivity index (χ0) is 21.1. The minimum atomic E-state index is -0.551. The van der Waals surface area contributed by atoms with Gasteiger partial charge in [0.1, 0.15) is 17.3 Å². The Kier molecular flexibility index (Phi) is 5.02. The molecule has 0 radical (unpaired) electrons. The average Bonchev–Trinajstić information content (AvgIpc) is 3.23. The van der Waals surface area contributed by atoms with Gasteiger partial charge in [-0.15, -0.1) is 11.3 Å². The Morgan fingerprint density at radius 1 is 1.23 bits per heavy atom. The van der Waals surface area contributed by atoms with Crippen molar-refractivity contribution in [1.82, 2.24) is 4.98 Å². The molecule has 4 rings (SSSR count). The predicted molar refractivity (Wildman–Crippen MR) is 112 cm³/mol. The molecular formula is C20H11N5O4S. The highest BCUT2D eigenvalue weighted by molar-refractivity contribution is 7.12. The van der Waals surface area contributed by atoms with Gasteiger partial charge in [0.25, 0.3) is 5.69 Å². The van der Waals surface area contributed by atoms with Crippen molar-refractivity contribution in [2.75, 3.05) is 5.43 Å². The van der Waals surface area contributed by atoms with Crippen molar-refractivity contribution in [3.05, 3.63) is 85.5 Å². The number of fused-ring (bicyclic) bond motifs is 1. The summed E-state index contributed by atoms with van der Waals surface area (Å²) in [7, 11) is 0. The number of hydrazone groups is 1. The van der Waals surface area contributed by atoms with Crippen LogP contribution in [0.25, 0.3) is 22.2 Å². The summed E-state index contributed by atoms with van der Waals surface area (Å²) in [5, 5.41) is 27.1. The summed E-state index contributed by atoms with van der Waals surface area (Å²) in [5.41, 5.74) is 2.97. The Morgan fingerprint density at radius 3 is 2.80 bits per heavy atom. The summed E-state index contributed by atoms with van der Waals surface area (Å²) in [6.07, 6.45) is 0. The third-order valence-electron chi connectivity index (χ3n) is 4.12. The van der Waals surface area contributed by atoms with Crippen molar-refractivity contribution >= 4 is 39.4 Å². The van der Waals surface area contributed by atoms with E-state index in [1.54, 1.807) is 29.6 Å². The fourth-order valence-electron chi connectivity index (χ4n) is 2.71. The summed E-state index contributed by atoms with van der Waals surface area (Å²) in [4.78, 5) is 27.2. The van der Waals surface area contributed by atoms with E-state index < -0.39 is 10.5 Å². The maximum Gasteiger partial charge on any atom is 0.345 e. The van der Waals surface area contributed by atoms with E-state index in [1.807, 2.05) is 18.2 Å². The topological polar surface area (TPSA) is 134 Å². The van der Waals surface area contributed by atoms with Gasteiger partial charge in [-0.25, -0.2) is 9.78 Å². The summed E-state index contributed by atoms with van der Waals surface area (Å²) in [5.74, 6) is 0. The Morgan fingerprint density at radius 2 is 2.00 bits per heavy atom. The van der Waals surface area contributed by atoms with Crippen LogP contribution in [0, 0.1) is 21.4 Å². The van der Waals surface area contributed by atoms with Crippen LogP contribution in [0.1, 0.15) is 5.01 Å². The van der Waals surface area contributed by atoms with Crippen LogP contribution in [-0.4, -0.2) is 15.6 Å². The van der Waals surface area contributed by atoms with Crippen molar-refractivity contribution in [3.8, 4) is 17.3 Å². The average molecular weight is 417 g/mol. The van der Waals surface area contributed by atoms with Gasteiger partial charge in [0.15, 0.2) is 10.7 Å². The summed E-state index contributed by atoms with van der Waals surface area (Å²) in [6.45, 7) is 0. The third kappa shape index (κ3) is 3.65. The lowest BCUT2D eigenvalue weighted by atomic mass is 10.1. The molecule has 0 atom stereocenters. The van der Waals surface area contributed by atoms with E-state index in [-0.39, 0.29) is 27.7 Å². The number of rotatable bonds is 5. The summed E-state index contributed by atoms with van der Waals surface area (Å²) >= 11 is 1.12. The Balaban J connectivity index is 1.67. The number of nitrogens with zero attached hydrogens (tertiary/aromatic N) is 4. The number of hydrogen-bond donors (Lipinski definition) is 1. The lowest BCUT2D eigenvalue weighted by molar-refractivity contribution is -0.384. The van der Waals surface area contributed by atoms with E-state index in [1.165, 1.54) is 18.2 Å². The van der Waals surface area contributed by atoms with Crippen LogP contribution >= 0.6 is 11.3 Å². The maximum atomic E-state index is 12.3. The lowest BCUT2D eigenvalue weighted by Crippen LogP contribution is -2.05. The first kappa shape index (κ1) is 19.0. The van der Waals surface area contributed by atoms with Gasteiger partial charge >= 0.3 is 5.63 Å². The quantitative estimate of drug-likeness (QED) is 0.223. The second-order valence-corrected chi connectivity index (χ2v) is 6.84. The number of anilines is 1. The van der Waals surface area contributed by atoms with Gasteiger partial charge in [-0.1, -0.05) is 30.3 Å². The van der Waals surface area contributed by atoms with E-state index in [0.717, 1.165) is 16.7 Å². The molecule has 2 heterocycles. The lowest BCUT2D eigenvalue weighted by Gasteiger charge is -2.01. The molecule has 0 aliphatic rings. The fourth-order valence-corrected chi connectivity index (χ4v) is 3.47. The van der Waals surface area contributed by atoms with Crippen LogP contribution in [0.4, 0.5) is 11.4 Å². The molecule has 10 heteroatoms. The fraction of sp³-hybridized carbons (Fsp3) is 0. The number of thiazole rings is 1. The largest absolute Gasteiger partial charge is 0.422 e. The van der Waals surface area contributed by atoms with Crippen molar-refractivity contribution < 1.29 is 9.34 Å². The molecule has 0 amide bonds. The molecular weight excluding hydrogens is 406 g/mol. The molecule has 0 spiro atoms. The van der Waals surface area contributed by atoms with Gasteiger partial charge in [0.05, 0.1) is 16.2 Å². The van der Waals surface area contributed by atoms with Gasteiger partial charge in [-0.3, -0.25) is 15.5 Å². The number of nitrogens with one attached hydrogen (secondary N) is 1. The number of hydrogen-bond acceptors (Lipinski definition) is 9. The number of para-hydroxylation sites is 3. The predicted octanol–water partition coefficient (Wildman–Crippen LogP) is 4.16. The zero-order valence-corrected chi connectivity index (χ0v) is 15.9. The molecule has 0 bridgehead atoms. The summed E-state index contributed by atoms with van der Waals surface area (Å²) in [6, 6.07) is 16.6. The van der Waals surface area contributed by atoms with Crippen LogP contribution in [-0.2, 0) is 0 Å². The number of nitro groups is 1. The van der Waals surface area contributed by atoms with Gasteiger partial charge in [-0.05, 0) is 18.2 Å². The SMILES string of the molecule is N#CC(=NNc1ccccc1[N+](=O)[O-])c1nc(-c2cc3ccccc3oc2=O)cs1. The number of nitro benzene ring substituents is 1. The number of benzene rings is 2. The Hall–Kier alpha value is -4.36. The molecule has 0 saturated heterocycles. The third-order valence-corrected chi connectivity index (χ3v) is 4.97. The van der Waals surface area contributed by atoms with Gasteiger partial charge in [0, 0.05) is 16.8 Å². The van der Waals surface area contributed by atoms with Gasteiger partial charge < -0.3 is 4.42 Å². The van der Waals surface area contributed by atoms with Crippen molar-refractivity contribution in [2.45, 2.75) is 0 Å². The first-order valence-corrected chi connectivity index (χ1v) is 9.41. The molecule has 146 valence electrons. The van der Waals surface area contributed by atoms with Crippen LogP contribution in [0.3, 0.4) is 0 Å². The zero-order valence-electron chi connectivity index (χ0n) is 15.1. The van der Waals surface area contributed by atoms with Crippen LogP contribution < -0.4 is 11.1 Å². The molecule has 0 aliphatic carbocycles. The Bertz CT molecular complexity index is 1400. The normalized spacial score (nSPS) is 11.2. The highest BCUT2D eigenvalue weighted by atomic mass is 32.1. The molecule has 0 aliphatic heterocycles. The monoisotopic (exact) mass is 417 g/mol. The van der Waals surface area contributed by atoms with Crippen LogP contribution in [0.5, 0.6) is 0 Å². The summed E-state index contributed by atoms with van der Waals surface area (Å²) < 4.78 is 5.32. The van der Waals surface area contributed by atoms with E-state index in [0.29, 0.717) is 11.3 Å². The minimum Gasteiger partial charge on any atom is -0.422 e. The van der Waals surface area contributed by atoms with Crippen LogP contribution in [0.2, 0.25) is 0 Å². The second kappa shape index (κ2) is 7.94. The molecule has 4 aromatic rings. The first-order valence-electron chi connectivity index (χ1n) is 8.53. The molecule has 1 N–H and O–H groups in total. The van der Waals surface area contributed by atoms with Gasteiger partial charge in [-0.2, -0.15) is 10.4 Å². The molecule has 9 nitrogen and oxygen atoms in total. The molecule has 2 aromatic carbocycles. The maximum absolute atomic E-state index is 12.3. The molecule has 0 saturated carbocycles. The van der Waals surface area contributed by atoms with Gasteiger partial charge in [0.2, 0.25) is 0 Å². The van der Waals surface area contributed by atoms with E-state index in [2.05, 4.69) is 15.5 Å².